The van der Waals surface area contributed by atoms with Crippen LogP contribution in [-0.4, -0.2) is 57.6 Å². The molecule has 2 bridgehead atoms. The molecule has 2 amide bonds. The molecule has 1 fully saturated rings. The summed E-state index contributed by atoms with van der Waals surface area (Å²) in [6, 6.07) is 28.0. The first-order chi connectivity index (χ1) is 27.0. The summed E-state index contributed by atoms with van der Waals surface area (Å²) in [4.78, 5) is 30.4. The molecule has 7 rings (SSSR count). The third-order valence-electron chi connectivity index (χ3n) is 11.9. The van der Waals surface area contributed by atoms with Crippen molar-refractivity contribution < 1.29 is 37.7 Å². The molecule has 4 aromatic carbocycles. The van der Waals surface area contributed by atoms with E-state index in [0.717, 1.165) is 27.8 Å². The molecule has 0 unspecified atom stereocenters. The number of nitrogens with zero attached hydrogens (tertiary/aromatic N) is 1. The lowest BCUT2D eigenvalue weighted by molar-refractivity contribution is -0.274. The van der Waals surface area contributed by atoms with E-state index < -0.39 is 29.5 Å². The summed E-state index contributed by atoms with van der Waals surface area (Å²) in [6.07, 6.45) is 0.477. The SMILES string of the molecule is CC1=CCC[C@@]2(C)[C@@H](CC[C@@]2(O)CN(Cc2ccc(OC(F)(F)F)cc2)C(=O)NC(C)C)c2ccc(cc2C(=O)c2ccccc2-c2ccccc2)C[C@@H](O)CC1. The fourth-order valence-electron chi connectivity index (χ4n) is 8.76. The van der Waals surface area contributed by atoms with Gasteiger partial charge in [-0.25, -0.2) is 4.79 Å². The molecule has 57 heavy (non-hydrogen) atoms. The molecule has 3 N–H and O–H groups in total. The minimum absolute atomic E-state index is 0.0317. The average Bonchev–Trinajstić information content (AvgIpc) is 3.42. The summed E-state index contributed by atoms with van der Waals surface area (Å²) in [6.45, 7) is 7.77. The van der Waals surface area contributed by atoms with Crippen molar-refractivity contribution in [1.82, 2.24) is 10.2 Å². The van der Waals surface area contributed by atoms with E-state index in [1.807, 2.05) is 86.6 Å². The van der Waals surface area contributed by atoms with Gasteiger partial charge in [-0.3, -0.25) is 4.79 Å². The van der Waals surface area contributed by atoms with E-state index in [4.69, 9.17) is 0 Å². The summed E-state index contributed by atoms with van der Waals surface area (Å²) >= 11 is 0. The highest BCUT2D eigenvalue weighted by molar-refractivity contribution is 6.13. The lowest BCUT2D eigenvalue weighted by atomic mass is 9.64. The number of alkyl halides is 3. The predicted octanol–water partition coefficient (Wildman–Crippen LogP) is 10.1. The third-order valence-corrected chi connectivity index (χ3v) is 11.9. The second-order valence-corrected chi connectivity index (χ2v) is 16.3. The highest BCUT2D eigenvalue weighted by atomic mass is 19.4. The number of aliphatic hydroxyl groups is 2. The molecule has 10 heteroatoms. The quantitative estimate of drug-likeness (QED) is 0.116. The number of ether oxygens (including phenoxy) is 1. The third kappa shape index (κ3) is 9.79. The number of benzene rings is 4. The number of aliphatic hydroxyl groups excluding tert-OH is 1. The van der Waals surface area contributed by atoms with Gasteiger partial charge in [0.2, 0.25) is 0 Å². The average molecular weight is 783 g/mol. The van der Waals surface area contributed by atoms with E-state index in [9.17, 15) is 33.0 Å². The zero-order valence-corrected chi connectivity index (χ0v) is 33.1. The molecule has 302 valence electrons. The van der Waals surface area contributed by atoms with Crippen molar-refractivity contribution in [2.45, 2.75) is 109 Å². The van der Waals surface area contributed by atoms with Gasteiger partial charge in [0, 0.05) is 29.1 Å². The van der Waals surface area contributed by atoms with Crippen LogP contribution in [0.15, 0.2) is 109 Å². The first kappa shape index (κ1) is 41.7. The maximum atomic E-state index is 15.0. The van der Waals surface area contributed by atoms with Gasteiger partial charge in [0.1, 0.15) is 5.75 Å². The van der Waals surface area contributed by atoms with Crippen molar-refractivity contribution in [2.75, 3.05) is 6.54 Å². The van der Waals surface area contributed by atoms with Gasteiger partial charge in [-0.1, -0.05) is 97.4 Å². The molecular formula is C47H53F3N2O5. The van der Waals surface area contributed by atoms with Gasteiger partial charge in [-0.15, -0.1) is 13.2 Å². The number of urea groups is 1. The number of hydrogen-bond acceptors (Lipinski definition) is 5. The fourth-order valence-corrected chi connectivity index (χ4v) is 8.76. The Morgan fingerprint density at radius 2 is 1.63 bits per heavy atom. The molecule has 0 radical (unpaired) electrons. The summed E-state index contributed by atoms with van der Waals surface area (Å²) in [5, 5.41) is 27.1. The van der Waals surface area contributed by atoms with E-state index in [2.05, 4.69) is 30.0 Å². The number of rotatable bonds is 9. The van der Waals surface area contributed by atoms with Crippen molar-refractivity contribution in [3.8, 4) is 16.9 Å². The fraction of sp³-hybridized carbons (Fsp3) is 0.404. The van der Waals surface area contributed by atoms with Gasteiger partial charge in [0.05, 0.1) is 18.2 Å². The van der Waals surface area contributed by atoms with Crippen LogP contribution in [0.1, 0.15) is 105 Å². The van der Waals surface area contributed by atoms with Crippen molar-refractivity contribution >= 4 is 11.8 Å². The minimum Gasteiger partial charge on any atom is -0.406 e. The molecule has 4 aromatic rings. The lowest BCUT2D eigenvalue weighted by Crippen LogP contribution is -2.55. The molecule has 0 spiro atoms. The Labute approximate surface area is 333 Å². The molecule has 7 nitrogen and oxygen atoms in total. The standard InChI is InChI=1S/C47H53F3N2O5/c1-31(2)51-44(55)52(29-33-17-21-37(22-18-33)57-47(48,49)50)30-46(56)26-24-42-39-23-19-34(27-36(53)20-16-32(3)11-10-25-45(42,46)4)28-41(39)43(54)40-15-9-8-14-38(40)35-12-6-5-7-13-35/h5-9,11-15,17-19,21-23,28,31,36,42,53,56H,10,16,20,24-27,29-30H2,1-4H3,(H,51,55)/t36-,42-,45-,46+/m0/s1. The maximum absolute atomic E-state index is 15.0. The monoisotopic (exact) mass is 782 g/mol. The highest BCUT2D eigenvalue weighted by Gasteiger charge is 2.57. The van der Waals surface area contributed by atoms with Gasteiger partial charge >= 0.3 is 12.4 Å². The Hall–Kier alpha value is -4.93. The number of carbonyl (C=O) groups is 2. The molecule has 3 aliphatic carbocycles. The number of amides is 2. The summed E-state index contributed by atoms with van der Waals surface area (Å²) in [5.74, 6) is -0.790. The zero-order valence-electron chi connectivity index (χ0n) is 33.1. The number of allylic oxidation sites excluding steroid dienone is 2. The Bertz CT molecular complexity index is 2070. The number of nitrogens with one attached hydrogen (secondary N) is 1. The summed E-state index contributed by atoms with van der Waals surface area (Å²) < 4.78 is 42.7. The van der Waals surface area contributed by atoms with Gasteiger partial charge in [0.15, 0.2) is 5.78 Å². The molecule has 4 atom stereocenters. The van der Waals surface area contributed by atoms with E-state index in [-0.39, 0.29) is 36.6 Å². The number of halogens is 3. The van der Waals surface area contributed by atoms with Gasteiger partial charge in [0.25, 0.3) is 0 Å². The number of carbonyl (C=O) groups excluding carboxylic acids is 2. The summed E-state index contributed by atoms with van der Waals surface area (Å²) in [5.41, 5.74) is 3.95. The van der Waals surface area contributed by atoms with Crippen molar-refractivity contribution in [1.29, 1.82) is 0 Å². The molecule has 3 aliphatic rings. The molecule has 1 saturated carbocycles. The second-order valence-electron chi connectivity index (χ2n) is 16.3. The first-order valence-corrected chi connectivity index (χ1v) is 19.8. The molecule has 0 heterocycles. The van der Waals surface area contributed by atoms with Crippen LogP contribution >= 0.6 is 0 Å². The van der Waals surface area contributed by atoms with E-state index in [0.29, 0.717) is 61.6 Å². The smallest absolute Gasteiger partial charge is 0.406 e. The Balaban J connectivity index is 1.42. The number of ketones is 1. The van der Waals surface area contributed by atoms with E-state index in [1.165, 1.54) is 29.2 Å². The molecular weight excluding hydrogens is 730 g/mol. The normalized spacial score (nSPS) is 22.7. The van der Waals surface area contributed by atoms with E-state index >= 15 is 0 Å². The van der Waals surface area contributed by atoms with Crippen LogP contribution < -0.4 is 10.1 Å². The largest absolute Gasteiger partial charge is 0.573 e. The maximum Gasteiger partial charge on any atom is 0.573 e. The van der Waals surface area contributed by atoms with Crippen LogP contribution in [-0.2, 0) is 13.0 Å². The number of hydrogen-bond donors (Lipinski definition) is 3. The first-order valence-electron chi connectivity index (χ1n) is 19.8. The Morgan fingerprint density at radius 3 is 2.33 bits per heavy atom. The predicted molar refractivity (Wildman–Crippen MR) is 216 cm³/mol. The Kier molecular flexibility index (Phi) is 12.6. The van der Waals surface area contributed by atoms with Crippen molar-refractivity contribution in [3.63, 3.8) is 0 Å². The van der Waals surface area contributed by atoms with Crippen LogP contribution in [0.3, 0.4) is 0 Å². The van der Waals surface area contributed by atoms with E-state index in [1.54, 1.807) is 0 Å². The van der Waals surface area contributed by atoms with Crippen LogP contribution in [0.4, 0.5) is 18.0 Å². The summed E-state index contributed by atoms with van der Waals surface area (Å²) in [7, 11) is 0. The second kappa shape index (κ2) is 17.3. The molecule has 0 saturated heterocycles. The molecule has 0 aliphatic heterocycles. The zero-order chi connectivity index (χ0) is 41.0. The topological polar surface area (TPSA) is 99.1 Å². The van der Waals surface area contributed by atoms with Crippen LogP contribution in [0, 0.1) is 5.41 Å². The van der Waals surface area contributed by atoms with Crippen molar-refractivity contribution in [3.05, 3.63) is 137 Å². The number of fused-ring (bicyclic) bond motifs is 8. The van der Waals surface area contributed by atoms with Crippen LogP contribution in [0.2, 0.25) is 0 Å². The van der Waals surface area contributed by atoms with Gasteiger partial charge in [-0.2, -0.15) is 0 Å². The Morgan fingerprint density at radius 1 is 0.930 bits per heavy atom. The van der Waals surface area contributed by atoms with Gasteiger partial charge in [-0.05, 0) is 118 Å². The van der Waals surface area contributed by atoms with Crippen LogP contribution in [0.25, 0.3) is 11.1 Å². The van der Waals surface area contributed by atoms with Crippen molar-refractivity contribution in [2.24, 2.45) is 5.41 Å². The van der Waals surface area contributed by atoms with Crippen LogP contribution in [0.5, 0.6) is 5.75 Å². The lowest BCUT2D eigenvalue weighted by Gasteiger charge is -2.46. The minimum atomic E-state index is -4.83. The molecule has 0 aromatic heterocycles. The van der Waals surface area contributed by atoms with Gasteiger partial charge < -0.3 is 25.2 Å². The highest BCUT2D eigenvalue weighted by Crippen LogP contribution is 2.59.